The largest absolute Gasteiger partial charge is 0.456 e. The van der Waals surface area contributed by atoms with Crippen molar-refractivity contribution in [3.63, 3.8) is 0 Å². The van der Waals surface area contributed by atoms with Gasteiger partial charge in [0.25, 0.3) is 0 Å². The number of rotatable bonds is 5. The van der Waals surface area contributed by atoms with Crippen LogP contribution < -0.4 is 0 Å². The van der Waals surface area contributed by atoms with Crippen LogP contribution in [0.15, 0.2) is 186 Å². The Labute approximate surface area is 330 Å². The second kappa shape index (κ2) is 12.6. The van der Waals surface area contributed by atoms with Gasteiger partial charge in [-0.05, 0) is 71.8 Å². The molecule has 0 N–H and O–H groups in total. The molecule has 4 heterocycles. The van der Waals surface area contributed by atoms with Crippen LogP contribution in [0.3, 0.4) is 0 Å². The number of furan rings is 1. The highest BCUT2D eigenvalue weighted by Gasteiger charge is 2.19. The Bertz CT molecular complexity index is 3510. The van der Waals surface area contributed by atoms with E-state index >= 15 is 0 Å². The van der Waals surface area contributed by atoms with Crippen molar-refractivity contribution >= 4 is 75.3 Å². The lowest BCUT2D eigenvalue weighted by Gasteiger charge is -2.09. The first-order chi connectivity index (χ1) is 28.2. The van der Waals surface area contributed by atoms with Crippen LogP contribution in [0.5, 0.6) is 0 Å². The van der Waals surface area contributed by atoms with Gasteiger partial charge in [-0.25, -0.2) is 15.0 Å². The number of hydrogen-bond acceptors (Lipinski definition) is 5. The van der Waals surface area contributed by atoms with Gasteiger partial charge in [0.2, 0.25) is 0 Å². The second-order valence-corrected chi connectivity index (χ2v) is 15.5. The number of hydrogen-bond donors (Lipinski definition) is 0. The Morgan fingerprint density at radius 2 is 0.930 bits per heavy atom. The smallest absolute Gasteiger partial charge is 0.164 e. The zero-order valence-corrected chi connectivity index (χ0v) is 31.2. The number of thiophene rings is 1. The molecule has 6 heteroatoms. The minimum atomic E-state index is 0.589. The quantitative estimate of drug-likeness (QED) is 0.176. The predicted molar refractivity (Wildman–Crippen MR) is 236 cm³/mol. The summed E-state index contributed by atoms with van der Waals surface area (Å²) in [7, 11) is 0. The van der Waals surface area contributed by atoms with E-state index < -0.39 is 0 Å². The average Bonchev–Trinajstić information content (AvgIpc) is 3.94. The summed E-state index contributed by atoms with van der Waals surface area (Å²) in [5.74, 6) is 1.83. The summed E-state index contributed by atoms with van der Waals surface area (Å²) in [4.78, 5) is 15.4. The molecule has 0 aliphatic rings. The SMILES string of the molecule is c1ccc(-c2ccc(-c3nc(-c4ccc5c(c4)oc4cc6c(cc45)c4ccccc4n6-c4ccccc4)nc(-c4ccc5sc6ccccc6c5c4)n3)cc2)cc1. The summed E-state index contributed by atoms with van der Waals surface area (Å²) in [6.45, 7) is 0. The Kier molecular flexibility index (Phi) is 7.03. The topological polar surface area (TPSA) is 56.7 Å². The summed E-state index contributed by atoms with van der Waals surface area (Å²) in [5, 5.41) is 6.96. The first kappa shape index (κ1) is 31.9. The number of fused-ring (bicyclic) bond motifs is 9. The van der Waals surface area contributed by atoms with E-state index in [0.717, 1.165) is 55.4 Å². The lowest BCUT2D eigenvalue weighted by Crippen LogP contribution is -2.00. The minimum Gasteiger partial charge on any atom is -0.456 e. The fourth-order valence-electron chi connectivity index (χ4n) is 8.30. The van der Waals surface area contributed by atoms with Gasteiger partial charge in [-0.15, -0.1) is 11.3 Å². The monoisotopic (exact) mass is 746 g/mol. The predicted octanol–water partition coefficient (Wildman–Crippen LogP) is 13.9. The Morgan fingerprint density at radius 1 is 0.351 bits per heavy atom. The van der Waals surface area contributed by atoms with Crippen molar-refractivity contribution in [3.8, 4) is 51.0 Å². The normalized spacial score (nSPS) is 11.9. The van der Waals surface area contributed by atoms with E-state index in [0.29, 0.717) is 17.5 Å². The van der Waals surface area contributed by atoms with Gasteiger partial charge in [-0.2, -0.15) is 0 Å². The third-order valence-electron chi connectivity index (χ3n) is 11.1. The molecule has 0 spiro atoms. The highest BCUT2D eigenvalue weighted by atomic mass is 32.1. The van der Waals surface area contributed by atoms with Crippen LogP contribution in [0.4, 0.5) is 0 Å². The molecule has 0 saturated carbocycles. The Hall–Kier alpha value is -7.41. The van der Waals surface area contributed by atoms with Crippen molar-refractivity contribution < 1.29 is 4.42 Å². The fourth-order valence-corrected chi connectivity index (χ4v) is 9.39. The molecule has 0 saturated heterocycles. The van der Waals surface area contributed by atoms with Crippen molar-refractivity contribution in [2.24, 2.45) is 0 Å². The Balaban J connectivity index is 1.02. The van der Waals surface area contributed by atoms with Gasteiger partial charge >= 0.3 is 0 Å². The molecule has 4 aromatic heterocycles. The molecule has 0 bridgehead atoms. The molecular weight excluding hydrogens is 717 g/mol. The molecule has 12 rings (SSSR count). The summed E-state index contributed by atoms with van der Waals surface area (Å²) in [5.41, 5.74) is 10.0. The van der Waals surface area contributed by atoms with Gasteiger partial charge in [0.1, 0.15) is 11.2 Å². The molecule has 0 amide bonds. The summed E-state index contributed by atoms with van der Waals surface area (Å²) >= 11 is 1.80. The molecule has 0 aliphatic heterocycles. The molecule has 0 radical (unpaired) electrons. The van der Waals surface area contributed by atoms with Gasteiger partial charge in [-0.3, -0.25) is 0 Å². The van der Waals surface area contributed by atoms with E-state index in [1.54, 1.807) is 11.3 Å². The van der Waals surface area contributed by atoms with Crippen molar-refractivity contribution in [2.75, 3.05) is 0 Å². The maximum atomic E-state index is 6.69. The van der Waals surface area contributed by atoms with Gasteiger partial charge < -0.3 is 8.98 Å². The van der Waals surface area contributed by atoms with Crippen LogP contribution in [0.2, 0.25) is 0 Å². The summed E-state index contributed by atoms with van der Waals surface area (Å²) < 4.78 is 11.5. The number of para-hydroxylation sites is 2. The third kappa shape index (κ3) is 5.19. The number of aromatic nitrogens is 4. The summed E-state index contributed by atoms with van der Waals surface area (Å²) in [6.07, 6.45) is 0. The third-order valence-corrected chi connectivity index (χ3v) is 12.2. The highest BCUT2D eigenvalue weighted by Crippen LogP contribution is 2.40. The molecule has 0 atom stereocenters. The lowest BCUT2D eigenvalue weighted by atomic mass is 10.0. The molecule has 5 nitrogen and oxygen atoms in total. The number of benzene rings is 8. The fraction of sp³-hybridized carbons (Fsp3) is 0. The van der Waals surface area contributed by atoms with Gasteiger partial charge in [0, 0.05) is 70.2 Å². The van der Waals surface area contributed by atoms with Crippen LogP contribution >= 0.6 is 11.3 Å². The van der Waals surface area contributed by atoms with E-state index in [-0.39, 0.29) is 0 Å². The van der Waals surface area contributed by atoms with E-state index in [4.69, 9.17) is 19.4 Å². The zero-order chi connectivity index (χ0) is 37.5. The highest BCUT2D eigenvalue weighted by molar-refractivity contribution is 7.25. The van der Waals surface area contributed by atoms with Gasteiger partial charge in [0.15, 0.2) is 17.5 Å². The molecule has 57 heavy (non-hydrogen) atoms. The molecule has 0 unspecified atom stereocenters. The number of nitrogens with zero attached hydrogens (tertiary/aromatic N) is 4. The molecule has 266 valence electrons. The van der Waals surface area contributed by atoms with E-state index in [1.165, 1.54) is 42.0 Å². The first-order valence-corrected chi connectivity index (χ1v) is 19.8. The van der Waals surface area contributed by atoms with E-state index in [9.17, 15) is 0 Å². The van der Waals surface area contributed by atoms with E-state index in [1.807, 2.05) is 6.07 Å². The molecule has 8 aromatic carbocycles. The molecule has 0 fully saturated rings. The van der Waals surface area contributed by atoms with Crippen LogP contribution in [0, 0.1) is 0 Å². The average molecular weight is 747 g/mol. The van der Waals surface area contributed by atoms with Gasteiger partial charge in [0.05, 0.1) is 11.0 Å². The van der Waals surface area contributed by atoms with Crippen molar-refractivity contribution in [1.29, 1.82) is 0 Å². The van der Waals surface area contributed by atoms with E-state index in [2.05, 4.69) is 180 Å². The lowest BCUT2D eigenvalue weighted by molar-refractivity contribution is 0.669. The first-order valence-electron chi connectivity index (χ1n) is 19.0. The van der Waals surface area contributed by atoms with Crippen LogP contribution in [0.25, 0.3) is 115 Å². The minimum absolute atomic E-state index is 0.589. The second-order valence-electron chi connectivity index (χ2n) is 14.4. The zero-order valence-electron chi connectivity index (χ0n) is 30.4. The molecule has 0 aliphatic carbocycles. The van der Waals surface area contributed by atoms with Crippen LogP contribution in [0.1, 0.15) is 0 Å². The van der Waals surface area contributed by atoms with Crippen molar-refractivity contribution in [1.82, 2.24) is 19.5 Å². The van der Waals surface area contributed by atoms with Crippen molar-refractivity contribution in [2.45, 2.75) is 0 Å². The van der Waals surface area contributed by atoms with Gasteiger partial charge in [-0.1, -0.05) is 115 Å². The standard InChI is InChI=1S/C51H30N4OS/c1-3-11-31(12-4-1)32-19-21-33(22-20-32)49-52-50(34-24-26-48-42(27-34)39-16-8-10-18-47(39)57-48)54-51(53-49)35-23-25-38-41-29-40-37-15-7-9-17-43(37)55(36-13-5-2-6-14-36)44(40)30-46(41)56-45(38)28-35/h1-30H. The van der Waals surface area contributed by atoms with Crippen LogP contribution in [-0.2, 0) is 0 Å². The molecule has 12 aromatic rings. The van der Waals surface area contributed by atoms with Crippen molar-refractivity contribution in [3.05, 3.63) is 182 Å². The maximum Gasteiger partial charge on any atom is 0.164 e. The maximum absolute atomic E-state index is 6.69. The molecular formula is C51H30N4OS. The summed E-state index contributed by atoms with van der Waals surface area (Å²) in [6, 6.07) is 63.8. The van der Waals surface area contributed by atoms with Crippen LogP contribution in [-0.4, -0.2) is 19.5 Å². The Morgan fingerprint density at radius 3 is 1.74 bits per heavy atom.